The Bertz CT molecular complexity index is 132. The van der Waals surface area contributed by atoms with Crippen LogP contribution >= 0.6 is 24.2 Å². The fourth-order valence-electron chi connectivity index (χ4n) is 1.46. The van der Waals surface area contributed by atoms with Crippen LogP contribution in [0.25, 0.3) is 0 Å². The molecule has 0 aliphatic heterocycles. The molecule has 0 heterocycles. The van der Waals surface area contributed by atoms with Gasteiger partial charge < -0.3 is 5.32 Å². The molecule has 0 aromatic carbocycles. The van der Waals surface area contributed by atoms with E-state index in [9.17, 15) is 0 Å². The number of rotatable bonds is 1. The highest BCUT2D eigenvalue weighted by Crippen LogP contribution is 2.17. The fraction of sp³-hybridized carbons (Fsp3) is 0.857. The van der Waals surface area contributed by atoms with Crippen LogP contribution in [-0.2, 0) is 0 Å². The van der Waals surface area contributed by atoms with Gasteiger partial charge in [0.1, 0.15) is 11.9 Å². The smallest absolute Gasteiger partial charge is 0.192 e. The summed E-state index contributed by atoms with van der Waals surface area (Å²) in [6.45, 7) is 0. The summed E-state index contributed by atoms with van der Waals surface area (Å²) in [6, 6.07) is 0.630. The van der Waals surface area contributed by atoms with Crippen molar-refractivity contribution in [2.24, 2.45) is 0 Å². The van der Waals surface area contributed by atoms with E-state index >= 15 is 0 Å². The Morgan fingerprint density at radius 1 is 1.36 bits per heavy atom. The van der Waals surface area contributed by atoms with Crippen molar-refractivity contribution in [2.75, 3.05) is 0 Å². The lowest BCUT2D eigenvalue weighted by Gasteiger charge is -2.22. The average molecular weight is 191 g/mol. The van der Waals surface area contributed by atoms with Crippen molar-refractivity contribution in [1.29, 1.82) is 0 Å². The zero-order chi connectivity index (χ0) is 8.10. The minimum atomic E-state index is 0.630. The molecule has 1 aliphatic carbocycles. The van der Waals surface area contributed by atoms with Crippen LogP contribution in [-0.4, -0.2) is 10.4 Å². The molecule has 0 saturated heterocycles. The van der Waals surface area contributed by atoms with Gasteiger partial charge in [-0.05, 0) is 25.1 Å². The Morgan fingerprint density at radius 3 is 2.55 bits per heavy atom. The molecule has 0 spiro atoms. The normalized spacial score (nSPS) is 19.7. The third kappa shape index (κ3) is 3.40. The zero-order valence-electron chi connectivity index (χ0n) is 6.64. The number of hydrogen-bond donors (Lipinski definition) is 2. The number of nitrogens with one attached hydrogen (secondary N) is 1. The van der Waals surface area contributed by atoms with E-state index in [1.165, 1.54) is 44.1 Å². The topological polar surface area (TPSA) is 39.7 Å². The van der Waals surface area contributed by atoms with E-state index in [0.717, 1.165) is 4.32 Å². The van der Waals surface area contributed by atoms with Crippen LogP contribution in [0.2, 0.25) is 0 Å². The Morgan fingerprint density at radius 2 is 2.00 bits per heavy atom. The molecule has 0 atom stereocenters. The van der Waals surface area contributed by atoms with Gasteiger partial charge in [0.15, 0.2) is 4.32 Å². The van der Waals surface area contributed by atoms with Crippen molar-refractivity contribution < 1.29 is 5.14 Å². The van der Waals surface area contributed by atoms with E-state index in [0.29, 0.717) is 6.04 Å². The van der Waals surface area contributed by atoms with E-state index in [1.807, 2.05) is 0 Å². The van der Waals surface area contributed by atoms with Gasteiger partial charge >= 0.3 is 0 Å². The van der Waals surface area contributed by atoms with Crippen LogP contribution < -0.4 is 10.5 Å². The van der Waals surface area contributed by atoms with Crippen LogP contribution in [0.4, 0.5) is 0 Å². The molecule has 64 valence electrons. The first kappa shape index (κ1) is 9.29. The quantitative estimate of drug-likeness (QED) is 0.481. The van der Waals surface area contributed by atoms with Crippen molar-refractivity contribution in [1.82, 2.24) is 5.32 Å². The molecule has 11 heavy (non-hydrogen) atoms. The van der Waals surface area contributed by atoms with Crippen LogP contribution in [0, 0.1) is 0 Å². The van der Waals surface area contributed by atoms with E-state index in [-0.39, 0.29) is 0 Å². The number of hydrogen-bond acceptors (Lipinski definition) is 2. The largest absolute Gasteiger partial charge is 0.364 e. The molecular formula is C7H15N2S2+. The fourth-order valence-corrected chi connectivity index (χ4v) is 1.87. The minimum absolute atomic E-state index is 0.630. The summed E-state index contributed by atoms with van der Waals surface area (Å²) in [5.74, 6) is 0. The molecule has 1 fully saturated rings. The molecular weight excluding hydrogens is 176 g/mol. The van der Waals surface area contributed by atoms with Crippen molar-refractivity contribution in [3.8, 4) is 0 Å². The van der Waals surface area contributed by atoms with E-state index in [4.69, 9.17) is 12.2 Å². The lowest BCUT2D eigenvalue weighted by Crippen LogP contribution is -2.44. The van der Waals surface area contributed by atoms with E-state index < -0.39 is 0 Å². The number of quaternary nitrogens is 1. The van der Waals surface area contributed by atoms with Gasteiger partial charge in [-0.15, -0.1) is 0 Å². The maximum atomic E-state index is 5.03. The molecule has 1 rings (SSSR count). The van der Waals surface area contributed by atoms with Gasteiger partial charge in [-0.25, -0.2) is 0 Å². The second-order valence-electron chi connectivity index (χ2n) is 2.91. The zero-order valence-corrected chi connectivity index (χ0v) is 8.27. The maximum absolute atomic E-state index is 5.03. The van der Waals surface area contributed by atoms with E-state index in [1.54, 1.807) is 0 Å². The molecule has 4 N–H and O–H groups in total. The molecule has 0 aromatic heterocycles. The van der Waals surface area contributed by atoms with Crippen LogP contribution in [0.1, 0.15) is 32.1 Å². The van der Waals surface area contributed by atoms with Gasteiger partial charge in [0.05, 0.1) is 0 Å². The highest BCUT2D eigenvalue weighted by molar-refractivity contribution is 8.18. The van der Waals surface area contributed by atoms with Gasteiger partial charge in [0.2, 0.25) is 0 Å². The highest BCUT2D eigenvalue weighted by Gasteiger charge is 2.13. The molecule has 4 heteroatoms. The SMILES string of the molecule is [NH3+]SC(=S)NC1CCCCC1. The summed E-state index contributed by atoms with van der Waals surface area (Å²) < 4.78 is 0.844. The van der Waals surface area contributed by atoms with Gasteiger partial charge in [-0.3, -0.25) is 5.14 Å². The second kappa shape index (κ2) is 4.95. The first-order valence-electron chi connectivity index (χ1n) is 4.05. The summed E-state index contributed by atoms with van der Waals surface area (Å²) >= 11 is 6.41. The molecule has 0 bridgehead atoms. The summed E-state index contributed by atoms with van der Waals surface area (Å²) in [6.07, 6.45) is 6.65. The predicted molar refractivity (Wildman–Crippen MR) is 53.1 cm³/mol. The third-order valence-electron chi connectivity index (χ3n) is 2.06. The van der Waals surface area contributed by atoms with Crippen LogP contribution in [0.3, 0.4) is 0 Å². The Balaban J connectivity index is 2.19. The lowest BCUT2D eigenvalue weighted by atomic mass is 9.96. The Hall–Kier alpha value is 0.200. The molecule has 2 nitrogen and oxygen atoms in total. The molecule has 1 saturated carbocycles. The summed E-state index contributed by atoms with van der Waals surface area (Å²) in [5.41, 5.74) is 0. The van der Waals surface area contributed by atoms with Gasteiger partial charge in [0.25, 0.3) is 0 Å². The minimum Gasteiger partial charge on any atom is -0.364 e. The molecule has 1 aliphatic rings. The standard InChI is InChI=1S/C7H14N2S2/c8-11-7(10)9-6-4-2-1-3-5-6/h6H,1-5,8H2,(H,9,10)/p+1. The molecule has 0 radical (unpaired) electrons. The Kier molecular flexibility index (Phi) is 4.18. The third-order valence-corrected chi connectivity index (χ3v) is 2.91. The van der Waals surface area contributed by atoms with Crippen LogP contribution in [0.5, 0.6) is 0 Å². The lowest BCUT2D eigenvalue weighted by molar-refractivity contribution is -0.133. The monoisotopic (exact) mass is 191 g/mol. The van der Waals surface area contributed by atoms with Gasteiger partial charge in [0, 0.05) is 6.04 Å². The first-order chi connectivity index (χ1) is 5.33. The van der Waals surface area contributed by atoms with Gasteiger partial charge in [-0.2, -0.15) is 0 Å². The highest BCUT2D eigenvalue weighted by atomic mass is 32.2. The van der Waals surface area contributed by atoms with E-state index in [2.05, 4.69) is 10.5 Å². The molecule has 0 amide bonds. The van der Waals surface area contributed by atoms with Crippen molar-refractivity contribution >= 4 is 28.5 Å². The average Bonchev–Trinajstić information content (AvgIpc) is 2.06. The maximum Gasteiger partial charge on any atom is 0.192 e. The van der Waals surface area contributed by atoms with Crippen molar-refractivity contribution in [3.63, 3.8) is 0 Å². The van der Waals surface area contributed by atoms with Crippen molar-refractivity contribution in [2.45, 2.75) is 38.1 Å². The van der Waals surface area contributed by atoms with Crippen LogP contribution in [0.15, 0.2) is 0 Å². The van der Waals surface area contributed by atoms with Crippen molar-refractivity contribution in [3.05, 3.63) is 0 Å². The Labute approximate surface area is 77.4 Å². The van der Waals surface area contributed by atoms with Gasteiger partial charge in [-0.1, -0.05) is 19.3 Å². The molecule has 0 unspecified atom stereocenters. The summed E-state index contributed by atoms with van der Waals surface area (Å²) in [4.78, 5) is 0. The summed E-state index contributed by atoms with van der Waals surface area (Å²) in [7, 11) is 0. The summed E-state index contributed by atoms with van der Waals surface area (Å²) in [5, 5.41) is 6.96. The predicted octanol–water partition coefficient (Wildman–Crippen LogP) is 1.08. The molecule has 0 aromatic rings. The first-order valence-corrected chi connectivity index (χ1v) is 5.45. The second-order valence-corrected chi connectivity index (χ2v) is 4.27. The number of thiocarbonyl (C=S) groups is 1.